The topological polar surface area (TPSA) is 44.3 Å². The minimum Gasteiger partial charge on any atom is -0.538 e. The summed E-state index contributed by atoms with van der Waals surface area (Å²) in [6, 6.07) is 18.9. The maximum Gasteiger partial charge on any atom is 0.0943 e. The molecule has 2 aromatic carbocycles. The Labute approximate surface area is 177 Å². The Hall–Kier alpha value is -0.736. The molecule has 133 valence electrons. The first-order chi connectivity index (χ1) is 11.8. The second-order valence-electron chi connectivity index (χ2n) is 5.98. The number of benzene rings is 2. The second-order valence-corrected chi connectivity index (χ2v) is 5.98. The number of aliphatic hydroxyl groups excluding tert-OH is 1. The average molecular weight is 413 g/mol. The summed E-state index contributed by atoms with van der Waals surface area (Å²) in [5.74, 6) is 0. The molecule has 2 aromatic rings. The molecule has 3 unspecified atom stereocenters. The molecule has 0 saturated carbocycles. The first-order valence-electron chi connectivity index (χ1n) is 8.58. The van der Waals surface area contributed by atoms with Gasteiger partial charge < -0.3 is 22.7 Å². The van der Waals surface area contributed by atoms with Crippen molar-refractivity contribution in [3.8, 4) is 0 Å². The maximum atomic E-state index is 10.5. The van der Waals surface area contributed by atoms with Gasteiger partial charge in [0.05, 0.1) is 6.10 Å². The summed E-state index contributed by atoms with van der Waals surface area (Å²) in [6.07, 6.45) is 2.68. The van der Waals surface area contributed by atoms with Gasteiger partial charge in [-0.05, 0) is 42.5 Å². The van der Waals surface area contributed by atoms with Crippen molar-refractivity contribution in [1.82, 2.24) is 5.32 Å². The summed E-state index contributed by atoms with van der Waals surface area (Å²) >= 11 is 0. The van der Waals surface area contributed by atoms with Gasteiger partial charge in [0.15, 0.2) is 0 Å². The van der Waals surface area contributed by atoms with Crippen LogP contribution in [0.4, 0.5) is 5.69 Å². The fourth-order valence-electron chi connectivity index (χ4n) is 3.19. The van der Waals surface area contributed by atoms with Crippen molar-refractivity contribution in [2.45, 2.75) is 44.4 Å². The van der Waals surface area contributed by atoms with Gasteiger partial charge in [0.25, 0.3) is 0 Å². The molecule has 0 bridgehead atoms. The van der Waals surface area contributed by atoms with Crippen LogP contribution in [-0.4, -0.2) is 17.2 Å². The van der Waals surface area contributed by atoms with E-state index in [1.165, 1.54) is 5.56 Å². The third kappa shape index (κ3) is 6.49. The van der Waals surface area contributed by atoms with Crippen molar-refractivity contribution in [2.75, 3.05) is 5.32 Å². The Kier molecular flexibility index (Phi) is 10.5. The van der Waals surface area contributed by atoms with Gasteiger partial charge in [-0.3, -0.25) is 7.05 Å². The Morgan fingerprint density at radius 2 is 1.72 bits per heavy atom. The first-order valence-corrected chi connectivity index (χ1v) is 8.58. The molecule has 1 fully saturated rings. The molecular formula is C21H28N2OY-2. The number of hydrogen-bond acceptors (Lipinski definition) is 3. The van der Waals surface area contributed by atoms with E-state index in [0.29, 0.717) is 6.04 Å². The molecule has 0 aliphatic carbocycles. The van der Waals surface area contributed by atoms with E-state index in [0.717, 1.165) is 30.5 Å². The molecule has 25 heavy (non-hydrogen) atoms. The maximum absolute atomic E-state index is 10.5. The summed E-state index contributed by atoms with van der Waals surface area (Å²) in [5, 5.41) is 17.0. The zero-order chi connectivity index (χ0) is 17.4. The van der Waals surface area contributed by atoms with E-state index >= 15 is 0 Å². The molecule has 1 aliphatic heterocycles. The molecule has 3 rings (SSSR count). The Bertz CT molecular complexity index is 589. The smallest absolute Gasteiger partial charge is 0.0943 e. The van der Waals surface area contributed by atoms with E-state index in [2.05, 4.69) is 36.7 Å². The monoisotopic (exact) mass is 413 g/mol. The van der Waals surface area contributed by atoms with Crippen molar-refractivity contribution in [3.05, 3.63) is 79.7 Å². The van der Waals surface area contributed by atoms with E-state index in [-0.39, 0.29) is 38.8 Å². The van der Waals surface area contributed by atoms with Gasteiger partial charge in [0.2, 0.25) is 0 Å². The molecular weight excluding hydrogens is 385 g/mol. The van der Waals surface area contributed by atoms with Gasteiger partial charge in [-0.15, -0.1) is 0 Å². The first kappa shape index (κ1) is 22.3. The minimum absolute atomic E-state index is 0. The van der Waals surface area contributed by atoms with Crippen LogP contribution in [0.5, 0.6) is 0 Å². The third-order valence-electron chi connectivity index (χ3n) is 4.44. The largest absolute Gasteiger partial charge is 0.538 e. The fourth-order valence-corrected chi connectivity index (χ4v) is 3.19. The SMILES string of the molecule is [CH2-]C.[CH2-]Nc1ccc(CC2CCC(C(O)c3ccccc3)N2)cc1.[Y]. The molecule has 0 aromatic heterocycles. The number of rotatable bonds is 5. The van der Waals surface area contributed by atoms with Crippen molar-refractivity contribution < 1.29 is 37.8 Å². The van der Waals surface area contributed by atoms with Crippen LogP contribution in [0, 0.1) is 14.0 Å². The van der Waals surface area contributed by atoms with Crippen LogP contribution in [-0.2, 0) is 39.1 Å². The predicted molar refractivity (Wildman–Crippen MR) is 102 cm³/mol. The molecule has 1 radical (unpaired) electrons. The average Bonchev–Trinajstić information content (AvgIpc) is 3.12. The molecule has 3 N–H and O–H groups in total. The minimum atomic E-state index is -0.427. The standard InChI is InChI=1S/C19H23N2O.C2H5.Y/c1-20-16-9-7-14(8-10-16)13-17-11-12-18(21-17)19(22)15-5-3-2-4-6-15;1-2;/h2-10,17-22H,1,11-13H2;1H2,2H3;/q2*-1;. The summed E-state index contributed by atoms with van der Waals surface area (Å²) < 4.78 is 0. The summed E-state index contributed by atoms with van der Waals surface area (Å²) in [6.45, 7) is 5.00. The van der Waals surface area contributed by atoms with Gasteiger partial charge in [-0.25, -0.2) is 0 Å². The van der Waals surface area contributed by atoms with E-state index in [9.17, 15) is 5.11 Å². The number of nitrogens with one attached hydrogen (secondary N) is 2. The summed E-state index contributed by atoms with van der Waals surface area (Å²) in [7, 11) is 3.66. The van der Waals surface area contributed by atoms with Gasteiger partial charge >= 0.3 is 0 Å². The van der Waals surface area contributed by atoms with Crippen LogP contribution in [0.1, 0.15) is 37.0 Å². The molecule has 0 amide bonds. The zero-order valence-corrected chi connectivity index (χ0v) is 17.8. The van der Waals surface area contributed by atoms with Gasteiger partial charge in [0, 0.05) is 50.5 Å². The van der Waals surface area contributed by atoms with Crippen molar-refractivity contribution >= 4 is 5.69 Å². The Morgan fingerprint density at radius 3 is 2.32 bits per heavy atom. The van der Waals surface area contributed by atoms with Crippen molar-refractivity contribution in [3.63, 3.8) is 0 Å². The van der Waals surface area contributed by atoms with Crippen LogP contribution < -0.4 is 10.6 Å². The molecule has 4 heteroatoms. The third-order valence-corrected chi connectivity index (χ3v) is 4.44. The quantitative estimate of drug-likeness (QED) is 0.646. The van der Waals surface area contributed by atoms with E-state index < -0.39 is 6.10 Å². The van der Waals surface area contributed by atoms with E-state index in [4.69, 9.17) is 0 Å². The Morgan fingerprint density at radius 1 is 1.08 bits per heavy atom. The Balaban J connectivity index is 0.00000101. The van der Waals surface area contributed by atoms with Gasteiger partial charge in [-0.1, -0.05) is 42.5 Å². The number of aliphatic hydroxyl groups is 1. The number of hydrogen-bond donors (Lipinski definition) is 3. The molecule has 3 nitrogen and oxygen atoms in total. The second kappa shape index (κ2) is 11.8. The van der Waals surface area contributed by atoms with Crippen molar-refractivity contribution in [2.24, 2.45) is 0 Å². The van der Waals surface area contributed by atoms with E-state index in [1.807, 2.05) is 42.5 Å². The molecule has 0 spiro atoms. The van der Waals surface area contributed by atoms with Crippen LogP contribution >= 0.6 is 0 Å². The van der Waals surface area contributed by atoms with Gasteiger partial charge in [0.1, 0.15) is 0 Å². The van der Waals surface area contributed by atoms with Crippen LogP contribution in [0.2, 0.25) is 0 Å². The zero-order valence-electron chi connectivity index (χ0n) is 15.0. The molecule has 1 aliphatic rings. The molecule has 1 saturated heterocycles. The predicted octanol–water partition coefficient (Wildman–Crippen LogP) is 4.12. The van der Waals surface area contributed by atoms with Crippen LogP contribution in [0.3, 0.4) is 0 Å². The number of anilines is 1. The summed E-state index contributed by atoms with van der Waals surface area (Å²) in [5.41, 5.74) is 3.33. The van der Waals surface area contributed by atoms with Crippen LogP contribution in [0.25, 0.3) is 0 Å². The van der Waals surface area contributed by atoms with Gasteiger partial charge in [-0.2, -0.15) is 6.92 Å². The normalized spacial score (nSPS) is 20.0. The fraction of sp³-hybridized carbons (Fsp3) is 0.333. The molecule has 1 heterocycles. The van der Waals surface area contributed by atoms with E-state index in [1.54, 1.807) is 6.92 Å². The van der Waals surface area contributed by atoms with Crippen molar-refractivity contribution in [1.29, 1.82) is 0 Å². The summed E-state index contributed by atoms with van der Waals surface area (Å²) in [4.78, 5) is 0. The molecule has 3 atom stereocenters. The van der Waals surface area contributed by atoms with Crippen LogP contribution in [0.15, 0.2) is 54.6 Å².